The topological polar surface area (TPSA) is 43.1 Å². The summed E-state index contributed by atoms with van der Waals surface area (Å²) in [6.07, 6.45) is 4.83. The molecule has 0 rings (SSSR count). The number of carbonyl (C=O) groups excluding carboxylic acids is 1. The molecule has 0 aliphatic carbocycles. The Hall–Kier alpha value is -0.370. The third-order valence-electron chi connectivity index (χ3n) is 2.12. The fourth-order valence-corrected chi connectivity index (χ4v) is 1.51. The summed E-state index contributed by atoms with van der Waals surface area (Å²) in [5.74, 6) is 0.643. The van der Waals surface area contributed by atoms with E-state index in [0.717, 1.165) is 25.7 Å². The molecule has 2 N–H and O–H groups in total. The SMILES string of the molecule is CCCC(CCC)C(=O)CCN. The van der Waals surface area contributed by atoms with Crippen LogP contribution in [0.25, 0.3) is 0 Å². The highest BCUT2D eigenvalue weighted by molar-refractivity contribution is 5.81. The lowest BCUT2D eigenvalue weighted by molar-refractivity contribution is -0.123. The first-order valence-electron chi connectivity index (χ1n) is 4.99. The average Bonchev–Trinajstić information content (AvgIpc) is 2.04. The molecule has 0 aliphatic rings. The van der Waals surface area contributed by atoms with Crippen LogP contribution in [0.3, 0.4) is 0 Å². The summed E-state index contributed by atoms with van der Waals surface area (Å²) in [7, 11) is 0. The zero-order valence-corrected chi connectivity index (χ0v) is 8.31. The highest BCUT2D eigenvalue weighted by atomic mass is 16.1. The van der Waals surface area contributed by atoms with Crippen LogP contribution < -0.4 is 5.73 Å². The molecule has 72 valence electrons. The van der Waals surface area contributed by atoms with Gasteiger partial charge in [0.2, 0.25) is 0 Å². The summed E-state index contributed by atoms with van der Waals surface area (Å²) >= 11 is 0. The van der Waals surface area contributed by atoms with E-state index in [-0.39, 0.29) is 5.92 Å². The Labute approximate surface area is 75.5 Å². The number of rotatable bonds is 7. The lowest BCUT2D eigenvalue weighted by Crippen LogP contribution is -2.17. The van der Waals surface area contributed by atoms with Gasteiger partial charge >= 0.3 is 0 Å². The van der Waals surface area contributed by atoms with Gasteiger partial charge < -0.3 is 5.73 Å². The van der Waals surface area contributed by atoms with E-state index in [4.69, 9.17) is 5.73 Å². The van der Waals surface area contributed by atoms with E-state index in [1.807, 2.05) is 0 Å². The molecule has 0 atom stereocenters. The maximum absolute atomic E-state index is 11.4. The van der Waals surface area contributed by atoms with Crippen LogP contribution in [0.5, 0.6) is 0 Å². The number of hydrogen-bond acceptors (Lipinski definition) is 2. The van der Waals surface area contributed by atoms with Crippen LogP contribution in [-0.2, 0) is 4.79 Å². The summed E-state index contributed by atoms with van der Waals surface area (Å²) in [6.45, 7) is 4.75. The number of nitrogens with two attached hydrogens (primary N) is 1. The smallest absolute Gasteiger partial charge is 0.137 e. The van der Waals surface area contributed by atoms with Crippen molar-refractivity contribution in [1.82, 2.24) is 0 Å². The molecule has 0 aromatic carbocycles. The summed E-state index contributed by atoms with van der Waals surface area (Å²) < 4.78 is 0. The van der Waals surface area contributed by atoms with Crippen molar-refractivity contribution >= 4 is 5.78 Å². The number of Topliss-reactive ketones (excluding diaryl/α,β-unsaturated/α-hetero) is 1. The van der Waals surface area contributed by atoms with E-state index >= 15 is 0 Å². The van der Waals surface area contributed by atoms with Crippen LogP contribution in [0.2, 0.25) is 0 Å². The Morgan fingerprint density at radius 2 is 1.75 bits per heavy atom. The van der Waals surface area contributed by atoms with E-state index in [1.165, 1.54) is 0 Å². The second kappa shape index (κ2) is 7.29. The molecular formula is C10H21NO. The molecule has 0 unspecified atom stereocenters. The normalized spacial score (nSPS) is 10.7. The van der Waals surface area contributed by atoms with Gasteiger partial charge in [-0.3, -0.25) is 4.79 Å². The van der Waals surface area contributed by atoms with Gasteiger partial charge in [-0.25, -0.2) is 0 Å². The minimum absolute atomic E-state index is 0.281. The van der Waals surface area contributed by atoms with E-state index in [0.29, 0.717) is 18.7 Å². The quantitative estimate of drug-likeness (QED) is 0.637. The van der Waals surface area contributed by atoms with Gasteiger partial charge in [0.25, 0.3) is 0 Å². The minimum Gasteiger partial charge on any atom is -0.330 e. The molecule has 0 spiro atoms. The van der Waals surface area contributed by atoms with E-state index in [1.54, 1.807) is 0 Å². The van der Waals surface area contributed by atoms with Crippen molar-refractivity contribution in [3.8, 4) is 0 Å². The van der Waals surface area contributed by atoms with Gasteiger partial charge in [0, 0.05) is 12.3 Å². The molecule has 0 bridgehead atoms. The van der Waals surface area contributed by atoms with Crippen LogP contribution in [0, 0.1) is 5.92 Å². The molecule has 0 aromatic heterocycles. The summed E-state index contributed by atoms with van der Waals surface area (Å²) in [5.41, 5.74) is 5.34. The predicted octanol–water partition coefficient (Wildman–Crippen LogP) is 2.12. The first kappa shape index (κ1) is 11.6. The van der Waals surface area contributed by atoms with Crippen molar-refractivity contribution in [3.63, 3.8) is 0 Å². The molecule has 0 heterocycles. The van der Waals surface area contributed by atoms with Crippen LogP contribution in [-0.4, -0.2) is 12.3 Å². The maximum atomic E-state index is 11.4. The standard InChI is InChI=1S/C10H21NO/c1-3-5-9(6-4-2)10(12)7-8-11/h9H,3-8,11H2,1-2H3. The average molecular weight is 171 g/mol. The zero-order chi connectivity index (χ0) is 9.40. The fourth-order valence-electron chi connectivity index (χ4n) is 1.51. The van der Waals surface area contributed by atoms with Crippen molar-refractivity contribution in [2.24, 2.45) is 11.7 Å². The van der Waals surface area contributed by atoms with Gasteiger partial charge in [-0.2, -0.15) is 0 Å². The number of ketones is 1. The van der Waals surface area contributed by atoms with Crippen molar-refractivity contribution < 1.29 is 4.79 Å². The molecule has 0 amide bonds. The molecule has 0 radical (unpaired) electrons. The first-order chi connectivity index (χ1) is 5.76. The molecule has 0 saturated heterocycles. The molecule has 2 nitrogen and oxygen atoms in total. The van der Waals surface area contributed by atoms with E-state index in [9.17, 15) is 4.79 Å². The van der Waals surface area contributed by atoms with Gasteiger partial charge in [0.15, 0.2) is 0 Å². The van der Waals surface area contributed by atoms with Gasteiger partial charge in [-0.15, -0.1) is 0 Å². The van der Waals surface area contributed by atoms with Crippen LogP contribution >= 0.6 is 0 Å². The van der Waals surface area contributed by atoms with Gasteiger partial charge in [0.1, 0.15) is 5.78 Å². The van der Waals surface area contributed by atoms with Crippen molar-refractivity contribution in [1.29, 1.82) is 0 Å². The molecule has 12 heavy (non-hydrogen) atoms. The Balaban J connectivity index is 3.81. The largest absolute Gasteiger partial charge is 0.330 e. The van der Waals surface area contributed by atoms with Crippen molar-refractivity contribution in [2.75, 3.05) is 6.54 Å². The Kier molecular flexibility index (Phi) is 7.06. The molecule has 0 aliphatic heterocycles. The van der Waals surface area contributed by atoms with E-state index < -0.39 is 0 Å². The third-order valence-corrected chi connectivity index (χ3v) is 2.12. The second-order valence-electron chi connectivity index (χ2n) is 3.28. The zero-order valence-electron chi connectivity index (χ0n) is 8.31. The molecule has 0 fully saturated rings. The Morgan fingerprint density at radius 3 is 2.08 bits per heavy atom. The van der Waals surface area contributed by atoms with E-state index in [2.05, 4.69) is 13.8 Å². The highest BCUT2D eigenvalue weighted by Crippen LogP contribution is 2.15. The number of hydrogen-bond donors (Lipinski definition) is 1. The highest BCUT2D eigenvalue weighted by Gasteiger charge is 2.14. The molecule has 0 aromatic rings. The number of carbonyl (C=O) groups is 1. The van der Waals surface area contributed by atoms with Crippen LogP contribution in [0.1, 0.15) is 46.0 Å². The van der Waals surface area contributed by atoms with Crippen molar-refractivity contribution in [3.05, 3.63) is 0 Å². The summed E-state index contributed by atoms with van der Waals surface area (Å²) in [5, 5.41) is 0. The van der Waals surface area contributed by atoms with Crippen molar-refractivity contribution in [2.45, 2.75) is 46.0 Å². The third kappa shape index (κ3) is 4.50. The predicted molar refractivity (Wildman–Crippen MR) is 52.0 cm³/mol. The second-order valence-corrected chi connectivity index (χ2v) is 3.28. The maximum Gasteiger partial charge on any atom is 0.137 e. The van der Waals surface area contributed by atoms with Crippen LogP contribution in [0.15, 0.2) is 0 Å². The molecular weight excluding hydrogens is 150 g/mol. The fraction of sp³-hybridized carbons (Fsp3) is 0.900. The lowest BCUT2D eigenvalue weighted by atomic mass is 9.92. The summed E-state index contributed by atoms with van der Waals surface area (Å²) in [4.78, 5) is 11.4. The van der Waals surface area contributed by atoms with Crippen LogP contribution in [0.4, 0.5) is 0 Å². The van der Waals surface area contributed by atoms with Gasteiger partial charge in [-0.1, -0.05) is 26.7 Å². The Bertz CT molecular complexity index is 117. The molecule has 0 saturated carbocycles. The lowest BCUT2D eigenvalue weighted by Gasteiger charge is -2.12. The monoisotopic (exact) mass is 171 g/mol. The summed E-state index contributed by atoms with van der Waals surface area (Å²) in [6, 6.07) is 0. The molecule has 2 heteroatoms. The van der Waals surface area contributed by atoms with Gasteiger partial charge in [0.05, 0.1) is 0 Å². The Morgan fingerprint density at radius 1 is 1.25 bits per heavy atom. The first-order valence-corrected chi connectivity index (χ1v) is 4.99. The minimum atomic E-state index is 0.281. The van der Waals surface area contributed by atoms with Gasteiger partial charge in [-0.05, 0) is 19.4 Å².